The first-order valence-corrected chi connectivity index (χ1v) is 13.9. The Morgan fingerprint density at radius 2 is 1.70 bits per heavy atom. The number of halogens is 1. The normalized spacial score (nSPS) is 22.9. The fourth-order valence-electron chi connectivity index (χ4n) is 5.52. The minimum absolute atomic E-state index is 0.0363. The van der Waals surface area contributed by atoms with Gasteiger partial charge in [0.15, 0.2) is 0 Å². The zero-order chi connectivity index (χ0) is 27.5. The number of nitrogens with zero attached hydrogens (tertiary/aromatic N) is 2. The van der Waals surface area contributed by atoms with E-state index in [0.717, 1.165) is 17.9 Å². The highest BCUT2D eigenvalue weighted by Gasteiger charge is 2.41. The Morgan fingerprint density at radius 1 is 1.05 bits per heavy atom. The van der Waals surface area contributed by atoms with Crippen LogP contribution in [0.1, 0.15) is 79.2 Å². The molecule has 2 fully saturated rings. The van der Waals surface area contributed by atoms with Gasteiger partial charge in [0.05, 0.1) is 5.92 Å². The van der Waals surface area contributed by atoms with Crippen LogP contribution in [0.25, 0.3) is 0 Å². The summed E-state index contributed by atoms with van der Waals surface area (Å²) in [5.41, 5.74) is 0.530. The molecule has 3 rings (SSSR count). The van der Waals surface area contributed by atoms with Crippen LogP contribution in [0.15, 0.2) is 24.3 Å². The molecule has 0 radical (unpaired) electrons. The second-order valence-corrected chi connectivity index (χ2v) is 13.1. The van der Waals surface area contributed by atoms with Crippen molar-refractivity contribution in [2.75, 3.05) is 26.2 Å². The van der Waals surface area contributed by atoms with Crippen molar-refractivity contribution in [2.45, 2.75) is 85.3 Å². The summed E-state index contributed by atoms with van der Waals surface area (Å²) in [4.78, 5) is 43.0. The molecule has 206 valence electrons. The maximum Gasteiger partial charge on any atom is 0.410 e. The molecule has 3 atom stereocenters. The summed E-state index contributed by atoms with van der Waals surface area (Å²) in [6.45, 7) is 15.9. The van der Waals surface area contributed by atoms with E-state index in [1.807, 2.05) is 51.7 Å². The minimum atomic E-state index is -0.604. The largest absolute Gasteiger partial charge is 0.444 e. The van der Waals surface area contributed by atoms with Gasteiger partial charge in [-0.2, -0.15) is 0 Å². The van der Waals surface area contributed by atoms with Gasteiger partial charge in [-0.1, -0.05) is 51.4 Å². The first kappa shape index (κ1) is 29.3. The van der Waals surface area contributed by atoms with E-state index in [2.05, 4.69) is 31.3 Å². The molecule has 0 bridgehead atoms. The van der Waals surface area contributed by atoms with Gasteiger partial charge in [-0.15, -0.1) is 0 Å². The number of carbonyl (C=O) groups excluding carboxylic acids is 3. The summed E-state index contributed by atoms with van der Waals surface area (Å²) in [5.74, 6) is -0.301. The van der Waals surface area contributed by atoms with E-state index in [0.29, 0.717) is 38.5 Å². The number of carbonyl (C=O) groups is 3. The predicted octanol–water partition coefficient (Wildman–Crippen LogP) is 5.47. The van der Waals surface area contributed by atoms with Gasteiger partial charge in [-0.3, -0.25) is 9.59 Å². The molecule has 1 unspecified atom stereocenters. The molecule has 37 heavy (non-hydrogen) atoms. The van der Waals surface area contributed by atoms with E-state index >= 15 is 0 Å². The van der Waals surface area contributed by atoms with Crippen molar-refractivity contribution >= 4 is 29.5 Å². The van der Waals surface area contributed by atoms with Crippen LogP contribution >= 0.6 is 11.6 Å². The van der Waals surface area contributed by atoms with Gasteiger partial charge in [-0.05, 0) is 75.0 Å². The Labute approximate surface area is 227 Å². The summed E-state index contributed by atoms with van der Waals surface area (Å²) in [6.07, 6.45) is 1.87. The summed E-state index contributed by atoms with van der Waals surface area (Å²) in [5, 5.41) is 3.76. The van der Waals surface area contributed by atoms with Gasteiger partial charge in [-0.25, -0.2) is 4.79 Å². The lowest BCUT2D eigenvalue weighted by Gasteiger charge is -2.46. The molecule has 2 aliphatic heterocycles. The van der Waals surface area contributed by atoms with Crippen molar-refractivity contribution in [1.29, 1.82) is 0 Å². The van der Waals surface area contributed by atoms with Crippen LogP contribution in [0.2, 0.25) is 5.02 Å². The zero-order valence-electron chi connectivity index (χ0n) is 23.5. The van der Waals surface area contributed by atoms with Crippen molar-refractivity contribution in [3.63, 3.8) is 0 Å². The molecule has 0 spiro atoms. The molecular weight excluding hydrogens is 490 g/mol. The smallest absolute Gasteiger partial charge is 0.410 e. The molecule has 1 aromatic carbocycles. The fourth-order valence-corrected chi connectivity index (χ4v) is 5.65. The second kappa shape index (κ2) is 11.6. The number of ether oxygens (including phenoxy) is 1. The van der Waals surface area contributed by atoms with Crippen LogP contribution in [0.4, 0.5) is 4.79 Å². The molecule has 1 N–H and O–H groups in total. The molecule has 2 aliphatic rings. The van der Waals surface area contributed by atoms with Gasteiger partial charge < -0.3 is 19.9 Å². The van der Waals surface area contributed by atoms with Crippen molar-refractivity contribution < 1.29 is 19.1 Å². The number of piperidine rings is 2. The Morgan fingerprint density at radius 3 is 2.27 bits per heavy atom. The highest BCUT2D eigenvalue weighted by atomic mass is 35.5. The molecule has 0 saturated carbocycles. The van der Waals surface area contributed by atoms with Gasteiger partial charge in [0.1, 0.15) is 11.6 Å². The van der Waals surface area contributed by atoms with E-state index in [9.17, 15) is 14.4 Å². The molecule has 8 heteroatoms. The SMILES string of the molecule is CC(C)[C@@H](NC(=O)[C@@H]1CCCN(C(=O)OC(C)(C)C)C1)C(=O)N1CCC(c2ccc(Cl)cc2)C(C)(C)C1. The van der Waals surface area contributed by atoms with Gasteiger partial charge in [0, 0.05) is 31.2 Å². The first-order chi connectivity index (χ1) is 17.2. The summed E-state index contributed by atoms with van der Waals surface area (Å²) in [7, 11) is 0. The van der Waals surface area contributed by atoms with Crippen LogP contribution in [0.3, 0.4) is 0 Å². The number of amides is 3. The Balaban J connectivity index is 1.64. The van der Waals surface area contributed by atoms with E-state index in [1.54, 1.807) is 4.90 Å². The Bertz CT molecular complexity index is 970. The predicted molar refractivity (Wildman–Crippen MR) is 146 cm³/mol. The lowest BCUT2D eigenvalue weighted by atomic mass is 9.70. The molecule has 1 aromatic rings. The number of likely N-dealkylation sites (tertiary alicyclic amines) is 2. The number of hydrogen-bond donors (Lipinski definition) is 1. The first-order valence-electron chi connectivity index (χ1n) is 13.5. The average molecular weight is 534 g/mol. The number of rotatable bonds is 5. The number of benzene rings is 1. The van der Waals surface area contributed by atoms with Crippen LogP contribution < -0.4 is 5.32 Å². The highest BCUT2D eigenvalue weighted by Crippen LogP contribution is 2.42. The van der Waals surface area contributed by atoms with Crippen LogP contribution in [-0.2, 0) is 14.3 Å². The topological polar surface area (TPSA) is 79.0 Å². The monoisotopic (exact) mass is 533 g/mol. The fraction of sp³-hybridized carbons (Fsp3) is 0.690. The van der Waals surface area contributed by atoms with Crippen molar-refractivity contribution in [2.24, 2.45) is 17.3 Å². The lowest BCUT2D eigenvalue weighted by Crippen LogP contribution is -2.57. The van der Waals surface area contributed by atoms with Crippen molar-refractivity contribution in [3.05, 3.63) is 34.9 Å². The van der Waals surface area contributed by atoms with Crippen LogP contribution in [0.5, 0.6) is 0 Å². The number of nitrogens with one attached hydrogen (secondary N) is 1. The molecule has 0 aromatic heterocycles. The summed E-state index contributed by atoms with van der Waals surface area (Å²) in [6, 6.07) is 7.39. The van der Waals surface area contributed by atoms with E-state index in [1.165, 1.54) is 5.56 Å². The second-order valence-electron chi connectivity index (χ2n) is 12.6. The molecule has 0 aliphatic carbocycles. The standard InChI is InChI=1S/C29H44ClN3O4/c1-19(2)24(31-25(34)21-9-8-15-32(17-21)27(36)37-28(3,4)5)26(35)33-16-14-23(29(6,7)18-33)20-10-12-22(30)13-11-20/h10-13,19,21,23-24H,8-9,14-18H2,1-7H3,(H,31,34)/t21-,23?,24-/m1/s1. The van der Waals surface area contributed by atoms with Gasteiger partial charge in [0.2, 0.25) is 11.8 Å². The maximum absolute atomic E-state index is 13.7. The minimum Gasteiger partial charge on any atom is -0.444 e. The highest BCUT2D eigenvalue weighted by molar-refractivity contribution is 6.30. The third-order valence-electron chi connectivity index (χ3n) is 7.49. The summed E-state index contributed by atoms with van der Waals surface area (Å²) < 4.78 is 5.50. The van der Waals surface area contributed by atoms with Crippen LogP contribution in [-0.4, -0.2) is 65.5 Å². The van der Waals surface area contributed by atoms with E-state index in [-0.39, 0.29) is 29.1 Å². The van der Waals surface area contributed by atoms with Gasteiger partial charge >= 0.3 is 6.09 Å². The van der Waals surface area contributed by atoms with Crippen LogP contribution in [0, 0.1) is 17.3 Å². The van der Waals surface area contributed by atoms with Gasteiger partial charge in [0.25, 0.3) is 0 Å². The third-order valence-corrected chi connectivity index (χ3v) is 7.74. The Kier molecular flexibility index (Phi) is 9.20. The molecular formula is C29H44ClN3O4. The van der Waals surface area contributed by atoms with E-state index in [4.69, 9.17) is 16.3 Å². The third kappa shape index (κ3) is 7.62. The quantitative estimate of drug-likeness (QED) is 0.544. The number of hydrogen-bond acceptors (Lipinski definition) is 4. The zero-order valence-corrected chi connectivity index (χ0v) is 24.2. The summed E-state index contributed by atoms with van der Waals surface area (Å²) >= 11 is 6.08. The maximum atomic E-state index is 13.7. The molecule has 2 heterocycles. The Hall–Kier alpha value is -2.28. The molecule has 7 nitrogen and oxygen atoms in total. The van der Waals surface area contributed by atoms with Crippen molar-refractivity contribution in [1.82, 2.24) is 15.1 Å². The average Bonchev–Trinajstić information content (AvgIpc) is 2.81. The molecule has 2 saturated heterocycles. The lowest BCUT2D eigenvalue weighted by molar-refractivity contribution is -0.142. The van der Waals surface area contributed by atoms with E-state index < -0.39 is 17.7 Å². The molecule has 3 amide bonds. The van der Waals surface area contributed by atoms with Crippen molar-refractivity contribution in [3.8, 4) is 0 Å².